The van der Waals surface area contributed by atoms with Gasteiger partial charge in [-0.3, -0.25) is 4.79 Å². The van der Waals surface area contributed by atoms with Gasteiger partial charge in [-0.15, -0.1) is 0 Å². The molecule has 0 aliphatic rings. The number of aryl methyl sites for hydroxylation is 2. The van der Waals surface area contributed by atoms with Crippen molar-refractivity contribution in [2.24, 2.45) is 0 Å². The van der Waals surface area contributed by atoms with Crippen molar-refractivity contribution >= 4 is 23.2 Å². The Morgan fingerprint density at radius 1 is 1.00 bits per heavy atom. The highest BCUT2D eigenvalue weighted by atomic mass is 35.5. The number of likely N-dealkylation sites (N-methyl/N-ethyl adjacent to an activating group) is 1. The van der Waals surface area contributed by atoms with Crippen molar-refractivity contribution in [1.29, 1.82) is 0 Å². The lowest BCUT2D eigenvalue weighted by Crippen LogP contribution is -3.12. The highest BCUT2D eigenvalue weighted by Crippen LogP contribution is 2.31. The molecule has 0 spiro atoms. The number of benzene rings is 2. The first kappa shape index (κ1) is 22.8. The lowest BCUT2D eigenvalue weighted by Gasteiger charge is -2.23. The van der Waals surface area contributed by atoms with Crippen molar-refractivity contribution < 1.29 is 23.9 Å². The topological polar surface area (TPSA) is 61.2 Å². The maximum atomic E-state index is 12.9. The molecule has 2 rings (SSSR count). The number of carbonyl (C=O) groups is 1. The minimum Gasteiger partial charge on any atom is -0.495 e. The lowest BCUT2D eigenvalue weighted by atomic mass is 10.1. The van der Waals surface area contributed by atoms with E-state index in [1.165, 1.54) is 0 Å². The minimum absolute atomic E-state index is 0.0966. The highest BCUT2D eigenvalue weighted by Gasteiger charge is 2.24. The normalized spacial score (nSPS) is 12.8. The van der Waals surface area contributed by atoms with E-state index in [0.29, 0.717) is 34.5 Å². The van der Waals surface area contributed by atoms with Gasteiger partial charge in [0.05, 0.1) is 34.1 Å². The Hall–Kier alpha value is -2.44. The van der Waals surface area contributed by atoms with Crippen LogP contribution in [-0.4, -0.2) is 40.3 Å². The van der Waals surface area contributed by atoms with Crippen molar-refractivity contribution in [3.63, 3.8) is 0 Å². The van der Waals surface area contributed by atoms with Crippen molar-refractivity contribution in [1.82, 2.24) is 0 Å². The Morgan fingerprint density at radius 3 is 2.17 bits per heavy atom. The number of hydrogen-bond donors (Lipinski definition) is 2. The quantitative estimate of drug-likeness (QED) is 0.687. The molecule has 6 nitrogen and oxygen atoms in total. The smallest absolute Gasteiger partial charge is 0.282 e. The number of quaternary nitrogens is 1. The van der Waals surface area contributed by atoms with Crippen LogP contribution >= 0.6 is 11.6 Å². The molecule has 29 heavy (non-hydrogen) atoms. The number of amides is 1. The summed E-state index contributed by atoms with van der Waals surface area (Å²) in [6, 6.07) is 7.16. The van der Waals surface area contributed by atoms with Gasteiger partial charge in [0.15, 0.2) is 17.5 Å². The fourth-order valence-corrected chi connectivity index (χ4v) is 3.21. The summed E-state index contributed by atoms with van der Waals surface area (Å²) in [5.41, 5.74) is 3.67. The van der Waals surface area contributed by atoms with Gasteiger partial charge in [0, 0.05) is 16.7 Å². The average Bonchev–Trinajstić information content (AvgIpc) is 2.70. The Morgan fingerprint density at radius 2 is 1.59 bits per heavy atom. The second kappa shape index (κ2) is 9.85. The summed E-state index contributed by atoms with van der Waals surface area (Å²) in [6.45, 7) is 6.47. The van der Waals surface area contributed by atoms with Crippen LogP contribution in [0.1, 0.15) is 23.6 Å². The zero-order chi connectivity index (χ0) is 21.7. The van der Waals surface area contributed by atoms with Gasteiger partial charge in [0.2, 0.25) is 0 Å². The van der Waals surface area contributed by atoms with Crippen LogP contribution in [0.25, 0.3) is 0 Å². The van der Waals surface area contributed by atoms with Gasteiger partial charge in [-0.25, -0.2) is 0 Å². The molecule has 2 atom stereocenters. The summed E-state index contributed by atoms with van der Waals surface area (Å²) in [5.74, 6) is 1.82. The number of methoxy groups -OCH3 is 3. The Balaban J connectivity index is 2.15. The van der Waals surface area contributed by atoms with E-state index in [-0.39, 0.29) is 11.9 Å². The van der Waals surface area contributed by atoms with Crippen LogP contribution in [0.3, 0.4) is 0 Å². The van der Waals surface area contributed by atoms with Crippen molar-refractivity contribution in [3.8, 4) is 17.2 Å². The van der Waals surface area contributed by atoms with Crippen molar-refractivity contribution in [3.05, 3.63) is 46.0 Å². The molecule has 1 unspecified atom stereocenters. The number of hydrogen-bond acceptors (Lipinski definition) is 4. The first-order valence-electron chi connectivity index (χ1n) is 9.40. The van der Waals surface area contributed by atoms with E-state index >= 15 is 0 Å². The van der Waals surface area contributed by atoms with Crippen LogP contribution < -0.4 is 24.4 Å². The molecule has 1 amide bonds. The second-order valence-corrected chi connectivity index (χ2v) is 7.58. The Kier molecular flexibility index (Phi) is 7.76. The molecule has 7 heteroatoms. The Bertz CT molecular complexity index is 886. The molecule has 0 saturated carbocycles. The van der Waals surface area contributed by atoms with Crippen LogP contribution in [0.5, 0.6) is 17.2 Å². The van der Waals surface area contributed by atoms with Crippen LogP contribution in [0.2, 0.25) is 5.02 Å². The van der Waals surface area contributed by atoms with E-state index < -0.39 is 0 Å². The van der Waals surface area contributed by atoms with Gasteiger partial charge in [0.1, 0.15) is 12.3 Å². The van der Waals surface area contributed by atoms with Crippen molar-refractivity contribution in [2.75, 3.05) is 33.7 Å². The summed E-state index contributed by atoms with van der Waals surface area (Å²) < 4.78 is 16.1. The SMILES string of the molecule is COc1cc(Cl)c(C)cc1NC(=O)[C@@H](C)[NH+](C)Cc1cc(OC)c(OC)cc1C. The molecule has 2 N–H and O–H groups in total. The predicted octanol–water partition coefficient (Wildman–Crippen LogP) is 3.02. The summed E-state index contributed by atoms with van der Waals surface area (Å²) in [5, 5.41) is 3.56. The first-order valence-corrected chi connectivity index (χ1v) is 9.78. The molecule has 158 valence electrons. The molecule has 0 saturated heterocycles. The van der Waals surface area contributed by atoms with E-state index in [4.69, 9.17) is 25.8 Å². The maximum absolute atomic E-state index is 12.9. The van der Waals surface area contributed by atoms with E-state index in [0.717, 1.165) is 21.6 Å². The van der Waals surface area contributed by atoms with Gasteiger partial charge >= 0.3 is 0 Å². The van der Waals surface area contributed by atoms with E-state index in [1.807, 2.05) is 46.0 Å². The number of halogens is 1. The number of anilines is 1. The molecule has 0 heterocycles. The minimum atomic E-state index is -0.289. The predicted molar refractivity (Wildman–Crippen MR) is 116 cm³/mol. The second-order valence-electron chi connectivity index (χ2n) is 7.17. The van der Waals surface area contributed by atoms with Crippen LogP contribution in [0.15, 0.2) is 24.3 Å². The summed E-state index contributed by atoms with van der Waals surface area (Å²) >= 11 is 6.15. The number of ether oxygens (including phenoxy) is 3. The standard InChI is InChI=1S/C22H29ClN2O4/c1-13-9-20(28-6)21(29-7)10-16(13)12-25(4)15(3)22(26)24-18-8-14(2)17(23)11-19(18)27-5/h8-11,15H,12H2,1-7H3,(H,24,26)/p+1/t15-/m1/s1. The molecule has 0 aromatic heterocycles. The number of nitrogens with one attached hydrogen (secondary N) is 2. The van der Waals surface area contributed by atoms with Crippen LogP contribution in [-0.2, 0) is 11.3 Å². The van der Waals surface area contributed by atoms with E-state index in [1.54, 1.807) is 27.4 Å². The molecular formula is C22H30ClN2O4+. The Labute approximate surface area is 177 Å². The molecule has 0 aliphatic heterocycles. The zero-order valence-corrected chi connectivity index (χ0v) is 18.9. The molecule has 0 fully saturated rings. The fourth-order valence-electron chi connectivity index (χ4n) is 3.06. The van der Waals surface area contributed by atoms with E-state index in [9.17, 15) is 4.79 Å². The van der Waals surface area contributed by atoms with Crippen LogP contribution in [0, 0.1) is 13.8 Å². The van der Waals surface area contributed by atoms with Gasteiger partial charge in [0.25, 0.3) is 5.91 Å². The van der Waals surface area contributed by atoms with Gasteiger partial charge in [-0.05, 0) is 50.1 Å². The molecule has 2 aromatic carbocycles. The third-order valence-corrected chi connectivity index (χ3v) is 5.59. The summed E-state index contributed by atoms with van der Waals surface area (Å²) in [7, 11) is 6.78. The number of rotatable bonds is 8. The average molecular weight is 422 g/mol. The third-order valence-electron chi connectivity index (χ3n) is 5.18. The van der Waals surface area contributed by atoms with Gasteiger partial charge in [-0.2, -0.15) is 0 Å². The first-order chi connectivity index (χ1) is 13.7. The molecule has 2 aromatic rings. The van der Waals surface area contributed by atoms with Crippen molar-refractivity contribution in [2.45, 2.75) is 33.4 Å². The maximum Gasteiger partial charge on any atom is 0.282 e. The van der Waals surface area contributed by atoms with Gasteiger partial charge < -0.3 is 24.4 Å². The van der Waals surface area contributed by atoms with Gasteiger partial charge in [-0.1, -0.05) is 11.6 Å². The summed E-state index contributed by atoms with van der Waals surface area (Å²) in [6.07, 6.45) is 0. The number of carbonyl (C=O) groups excluding carboxylic acids is 1. The van der Waals surface area contributed by atoms with E-state index in [2.05, 4.69) is 5.32 Å². The largest absolute Gasteiger partial charge is 0.495 e. The highest BCUT2D eigenvalue weighted by molar-refractivity contribution is 6.31. The molecule has 0 bridgehead atoms. The fraction of sp³-hybridized carbons (Fsp3) is 0.409. The molecular weight excluding hydrogens is 392 g/mol. The third kappa shape index (κ3) is 5.34. The lowest BCUT2D eigenvalue weighted by molar-refractivity contribution is -0.907. The zero-order valence-electron chi connectivity index (χ0n) is 18.1. The monoisotopic (exact) mass is 421 g/mol. The molecule has 0 aliphatic carbocycles. The molecule has 0 radical (unpaired) electrons. The summed E-state index contributed by atoms with van der Waals surface area (Å²) in [4.78, 5) is 13.9. The van der Waals surface area contributed by atoms with Crippen LogP contribution in [0.4, 0.5) is 5.69 Å².